The lowest BCUT2D eigenvalue weighted by atomic mass is 9.88. The second-order valence-corrected chi connectivity index (χ2v) is 6.39. The van der Waals surface area contributed by atoms with Gasteiger partial charge in [0, 0.05) is 29.2 Å². The number of nitrogens with zero attached hydrogens (tertiary/aromatic N) is 1. The first-order valence-electron chi connectivity index (χ1n) is 7.57. The third-order valence-corrected chi connectivity index (χ3v) is 4.38. The molecule has 0 aliphatic carbocycles. The number of benzene rings is 1. The van der Waals surface area contributed by atoms with Crippen LogP contribution in [0.5, 0.6) is 0 Å². The Hall–Kier alpha value is -2.56. The molecular formula is C18H19NO4. The number of carbonyl (C=O) groups is 1. The molecule has 0 fully saturated rings. The van der Waals surface area contributed by atoms with Gasteiger partial charge >= 0.3 is 11.6 Å². The largest absolute Gasteiger partial charge is 0.477 e. The standard InChI is InChI=1S/C18H19NO4/c1-5-19-14-8-15-11(7-13(16(20)21)17(22)23-15)6-12(14)10(2)9-18(19,3)4/h6-9H,5H2,1-4H3,(H,20,21). The quantitative estimate of drug-likeness (QED) is 0.859. The van der Waals surface area contributed by atoms with Gasteiger partial charge in [0.05, 0.1) is 5.54 Å². The van der Waals surface area contributed by atoms with E-state index in [-0.39, 0.29) is 11.1 Å². The Morgan fingerprint density at radius 3 is 2.61 bits per heavy atom. The Kier molecular flexibility index (Phi) is 3.32. The van der Waals surface area contributed by atoms with E-state index in [4.69, 9.17) is 9.52 Å². The van der Waals surface area contributed by atoms with Gasteiger partial charge in [-0.3, -0.25) is 0 Å². The molecular weight excluding hydrogens is 294 g/mol. The summed E-state index contributed by atoms with van der Waals surface area (Å²) in [6.45, 7) is 9.20. The number of likely N-dealkylation sites (N-methyl/N-ethyl adjacent to an activating group) is 1. The van der Waals surface area contributed by atoms with Crippen molar-refractivity contribution in [3.8, 4) is 0 Å². The Morgan fingerprint density at radius 1 is 1.30 bits per heavy atom. The number of hydrogen-bond donors (Lipinski definition) is 1. The molecule has 1 aromatic heterocycles. The topological polar surface area (TPSA) is 70.8 Å². The monoisotopic (exact) mass is 313 g/mol. The highest BCUT2D eigenvalue weighted by molar-refractivity contribution is 5.95. The molecule has 0 radical (unpaired) electrons. The van der Waals surface area contributed by atoms with Crippen LogP contribution in [0, 0.1) is 0 Å². The van der Waals surface area contributed by atoms with Crippen molar-refractivity contribution in [2.45, 2.75) is 33.2 Å². The van der Waals surface area contributed by atoms with Crippen molar-refractivity contribution < 1.29 is 14.3 Å². The molecule has 0 unspecified atom stereocenters. The van der Waals surface area contributed by atoms with Gasteiger partial charge in [0.15, 0.2) is 0 Å². The Morgan fingerprint density at radius 2 is 2.00 bits per heavy atom. The Balaban J connectivity index is 2.33. The van der Waals surface area contributed by atoms with E-state index in [9.17, 15) is 9.59 Å². The van der Waals surface area contributed by atoms with Crippen LogP contribution < -0.4 is 10.5 Å². The van der Waals surface area contributed by atoms with Crippen molar-refractivity contribution in [2.24, 2.45) is 0 Å². The van der Waals surface area contributed by atoms with Crippen molar-refractivity contribution in [3.63, 3.8) is 0 Å². The highest BCUT2D eigenvalue weighted by Gasteiger charge is 2.30. The normalized spacial score (nSPS) is 16.2. The second-order valence-electron chi connectivity index (χ2n) is 6.39. The molecule has 1 N–H and O–H groups in total. The molecule has 5 nitrogen and oxygen atoms in total. The van der Waals surface area contributed by atoms with Gasteiger partial charge in [0.1, 0.15) is 11.1 Å². The minimum absolute atomic E-state index is 0.138. The third-order valence-electron chi connectivity index (χ3n) is 4.38. The molecule has 1 aliphatic rings. The number of carboxylic acids is 1. The highest BCUT2D eigenvalue weighted by Crippen LogP contribution is 2.40. The third kappa shape index (κ3) is 2.32. The molecule has 0 amide bonds. The summed E-state index contributed by atoms with van der Waals surface area (Å²) in [6, 6.07) is 5.11. The van der Waals surface area contributed by atoms with E-state index >= 15 is 0 Å². The summed E-state index contributed by atoms with van der Waals surface area (Å²) in [6.07, 6.45) is 2.20. The van der Waals surface area contributed by atoms with Gasteiger partial charge in [-0.2, -0.15) is 0 Å². The number of fused-ring (bicyclic) bond motifs is 2. The molecule has 120 valence electrons. The van der Waals surface area contributed by atoms with Crippen molar-refractivity contribution >= 4 is 28.2 Å². The molecule has 0 atom stereocenters. The minimum Gasteiger partial charge on any atom is -0.477 e. The maximum absolute atomic E-state index is 11.8. The zero-order valence-corrected chi connectivity index (χ0v) is 13.6. The summed E-state index contributed by atoms with van der Waals surface area (Å²) in [4.78, 5) is 25.2. The summed E-state index contributed by atoms with van der Waals surface area (Å²) < 4.78 is 5.23. The molecule has 5 heteroatoms. The molecule has 2 aromatic rings. The Bertz CT molecular complexity index is 905. The summed E-state index contributed by atoms with van der Waals surface area (Å²) in [5, 5.41) is 9.70. The number of carboxylic acid groups (broad SMARTS) is 1. The van der Waals surface area contributed by atoms with Gasteiger partial charge in [-0.1, -0.05) is 6.08 Å². The lowest BCUT2D eigenvalue weighted by Crippen LogP contribution is -2.44. The van der Waals surface area contributed by atoms with Crippen LogP contribution in [0.1, 0.15) is 43.6 Å². The number of aromatic carboxylic acids is 1. The lowest BCUT2D eigenvalue weighted by Gasteiger charge is -2.42. The number of rotatable bonds is 2. The van der Waals surface area contributed by atoms with Crippen LogP contribution in [0.2, 0.25) is 0 Å². The van der Waals surface area contributed by atoms with Gasteiger partial charge in [-0.05, 0) is 45.4 Å². The maximum atomic E-state index is 11.8. The Labute approximate surface area is 133 Å². The van der Waals surface area contributed by atoms with Crippen LogP contribution in [-0.4, -0.2) is 23.2 Å². The molecule has 1 aliphatic heterocycles. The van der Waals surface area contributed by atoms with E-state index in [1.54, 1.807) is 0 Å². The first kappa shape index (κ1) is 15.3. The van der Waals surface area contributed by atoms with Crippen molar-refractivity contribution in [3.05, 3.63) is 45.8 Å². The molecule has 23 heavy (non-hydrogen) atoms. The van der Waals surface area contributed by atoms with E-state index in [1.807, 2.05) is 19.1 Å². The molecule has 1 aromatic carbocycles. The number of hydrogen-bond acceptors (Lipinski definition) is 4. The van der Waals surface area contributed by atoms with Crippen LogP contribution >= 0.6 is 0 Å². The molecule has 0 bridgehead atoms. The van der Waals surface area contributed by atoms with E-state index in [2.05, 4.69) is 31.7 Å². The van der Waals surface area contributed by atoms with Gasteiger partial charge in [0.2, 0.25) is 0 Å². The molecule has 2 heterocycles. The van der Waals surface area contributed by atoms with Crippen molar-refractivity contribution in [2.75, 3.05) is 11.4 Å². The molecule has 0 spiro atoms. The summed E-state index contributed by atoms with van der Waals surface area (Å²) in [5.74, 6) is -1.28. The van der Waals surface area contributed by atoms with Crippen LogP contribution in [0.15, 0.2) is 33.5 Å². The minimum atomic E-state index is -1.28. The van der Waals surface area contributed by atoms with Crippen molar-refractivity contribution in [1.29, 1.82) is 0 Å². The zero-order chi connectivity index (χ0) is 16.9. The molecule has 0 saturated heterocycles. The second kappa shape index (κ2) is 4.98. The predicted molar refractivity (Wildman–Crippen MR) is 90.2 cm³/mol. The highest BCUT2D eigenvalue weighted by atomic mass is 16.4. The van der Waals surface area contributed by atoms with E-state index in [1.165, 1.54) is 6.07 Å². The smallest absolute Gasteiger partial charge is 0.351 e. The first-order valence-corrected chi connectivity index (χ1v) is 7.57. The van der Waals surface area contributed by atoms with Gasteiger partial charge in [-0.15, -0.1) is 0 Å². The summed E-state index contributed by atoms with van der Waals surface area (Å²) >= 11 is 0. The first-order chi connectivity index (χ1) is 10.7. The zero-order valence-electron chi connectivity index (χ0n) is 13.6. The van der Waals surface area contributed by atoms with Crippen molar-refractivity contribution in [1.82, 2.24) is 0 Å². The van der Waals surface area contributed by atoms with Crippen LogP contribution in [0.4, 0.5) is 5.69 Å². The average molecular weight is 313 g/mol. The summed E-state index contributed by atoms with van der Waals surface area (Å²) in [5.41, 5.74) is 2.25. The van der Waals surface area contributed by atoms with Crippen LogP contribution in [-0.2, 0) is 0 Å². The fourth-order valence-corrected chi connectivity index (χ4v) is 3.42. The van der Waals surface area contributed by atoms with Gasteiger partial charge in [0.25, 0.3) is 0 Å². The molecule has 0 saturated carbocycles. The molecule has 3 rings (SSSR count). The van der Waals surface area contributed by atoms with Gasteiger partial charge < -0.3 is 14.4 Å². The van der Waals surface area contributed by atoms with Crippen LogP contribution in [0.3, 0.4) is 0 Å². The van der Waals surface area contributed by atoms with E-state index < -0.39 is 11.6 Å². The predicted octanol–water partition coefficient (Wildman–Crippen LogP) is 3.51. The fraction of sp³-hybridized carbons (Fsp3) is 0.333. The maximum Gasteiger partial charge on any atom is 0.351 e. The number of anilines is 1. The van der Waals surface area contributed by atoms with E-state index in [0.717, 1.165) is 23.4 Å². The lowest BCUT2D eigenvalue weighted by molar-refractivity contribution is 0.0692. The average Bonchev–Trinajstić information content (AvgIpc) is 2.44. The summed E-state index contributed by atoms with van der Waals surface area (Å²) in [7, 11) is 0. The number of allylic oxidation sites excluding steroid dienone is 1. The van der Waals surface area contributed by atoms with Crippen LogP contribution in [0.25, 0.3) is 16.5 Å². The SMILES string of the molecule is CCN1c2cc3oc(=O)c(C(=O)O)cc3cc2C(C)=CC1(C)C. The fourth-order valence-electron chi connectivity index (χ4n) is 3.42. The van der Waals surface area contributed by atoms with E-state index in [0.29, 0.717) is 11.0 Å². The van der Waals surface area contributed by atoms with Gasteiger partial charge in [-0.25, -0.2) is 9.59 Å².